The molecule has 7 heteroatoms. The normalized spacial score (nSPS) is 16.0. The zero-order valence-electron chi connectivity index (χ0n) is 14.1. The number of hydrogen-bond acceptors (Lipinski definition) is 2. The van der Waals surface area contributed by atoms with Crippen LogP contribution in [0, 0.1) is 17.6 Å². The van der Waals surface area contributed by atoms with Crippen molar-refractivity contribution in [3.05, 3.63) is 65.4 Å². The lowest BCUT2D eigenvalue weighted by atomic mass is 9.86. The molecule has 1 aromatic heterocycles. The van der Waals surface area contributed by atoms with E-state index in [1.54, 1.807) is 18.3 Å². The first-order valence-corrected chi connectivity index (χ1v) is 10.3. The summed E-state index contributed by atoms with van der Waals surface area (Å²) in [4.78, 5) is 3.12. The van der Waals surface area contributed by atoms with Gasteiger partial charge in [0, 0.05) is 23.6 Å². The van der Waals surface area contributed by atoms with Crippen LogP contribution in [0.4, 0.5) is 14.5 Å². The number of H-pyrrole nitrogens is 1. The fourth-order valence-corrected chi connectivity index (χ4v) is 4.15. The average molecular weight is 376 g/mol. The number of aromatic amines is 1. The second kappa shape index (κ2) is 6.09. The summed E-state index contributed by atoms with van der Waals surface area (Å²) in [6.45, 7) is 0. The van der Waals surface area contributed by atoms with Crippen LogP contribution < -0.4 is 4.72 Å². The summed E-state index contributed by atoms with van der Waals surface area (Å²) >= 11 is 0. The van der Waals surface area contributed by atoms with Crippen molar-refractivity contribution in [3.63, 3.8) is 0 Å². The first kappa shape index (κ1) is 17.0. The Kier molecular flexibility index (Phi) is 3.99. The van der Waals surface area contributed by atoms with Crippen molar-refractivity contribution in [1.82, 2.24) is 4.98 Å². The van der Waals surface area contributed by atoms with Crippen molar-refractivity contribution < 1.29 is 17.2 Å². The van der Waals surface area contributed by atoms with E-state index in [9.17, 15) is 17.2 Å². The lowest BCUT2D eigenvalue weighted by Gasteiger charge is -2.17. The van der Waals surface area contributed by atoms with Gasteiger partial charge in [0.1, 0.15) is 11.6 Å². The van der Waals surface area contributed by atoms with Crippen LogP contribution in [0.5, 0.6) is 0 Å². The molecule has 2 aromatic carbocycles. The number of benzene rings is 2. The molecule has 1 aliphatic carbocycles. The Morgan fingerprint density at radius 1 is 1.15 bits per heavy atom. The Balaban J connectivity index is 1.85. The van der Waals surface area contributed by atoms with E-state index in [0.717, 1.165) is 36.1 Å². The molecule has 1 heterocycles. The van der Waals surface area contributed by atoms with Gasteiger partial charge >= 0.3 is 0 Å². The second-order valence-corrected chi connectivity index (χ2v) is 8.58. The van der Waals surface area contributed by atoms with E-state index in [0.29, 0.717) is 22.7 Å². The van der Waals surface area contributed by atoms with E-state index in [1.165, 1.54) is 12.1 Å². The minimum Gasteiger partial charge on any atom is -0.359 e. The molecule has 4 nitrogen and oxygen atoms in total. The number of anilines is 1. The maximum absolute atomic E-state index is 14.4. The molecule has 1 fully saturated rings. The molecule has 0 saturated heterocycles. The zero-order chi connectivity index (χ0) is 18.5. The van der Waals surface area contributed by atoms with Crippen molar-refractivity contribution in [2.75, 3.05) is 11.0 Å². The molecule has 0 spiro atoms. The number of sulfonamides is 1. The summed E-state index contributed by atoms with van der Waals surface area (Å²) in [7, 11) is -3.42. The van der Waals surface area contributed by atoms with Gasteiger partial charge in [-0.3, -0.25) is 4.72 Å². The molecule has 4 rings (SSSR count). The van der Waals surface area contributed by atoms with Crippen LogP contribution in [0.2, 0.25) is 0 Å². The second-order valence-electron chi connectivity index (χ2n) is 6.83. The highest BCUT2D eigenvalue weighted by Gasteiger charge is 2.36. The minimum absolute atomic E-state index is 0.196. The van der Waals surface area contributed by atoms with Crippen molar-refractivity contribution in [3.8, 4) is 0 Å². The fourth-order valence-electron chi connectivity index (χ4n) is 3.58. The van der Waals surface area contributed by atoms with Crippen LogP contribution in [-0.2, 0) is 10.0 Å². The molecule has 0 amide bonds. The molecule has 1 aliphatic rings. The highest BCUT2D eigenvalue weighted by molar-refractivity contribution is 7.92. The monoisotopic (exact) mass is 376 g/mol. The van der Waals surface area contributed by atoms with Crippen molar-refractivity contribution in [2.24, 2.45) is 5.92 Å². The van der Waals surface area contributed by atoms with E-state index < -0.39 is 21.7 Å². The van der Waals surface area contributed by atoms with Crippen LogP contribution in [0.25, 0.3) is 10.9 Å². The van der Waals surface area contributed by atoms with Gasteiger partial charge in [0.15, 0.2) is 0 Å². The molecule has 3 aromatic rings. The SMILES string of the molecule is CS(=O)(=O)Nc1cccc2c(C(c3ccc(F)cc3F)C3CC3)c[nH]c12. The number of para-hydroxylation sites is 1. The van der Waals surface area contributed by atoms with E-state index in [-0.39, 0.29) is 5.92 Å². The molecule has 136 valence electrons. The van der Waals surface area contributed by atoms with Crippen LogP contribution in [0.15, 0.2) is 42.6 Å². The summed E-state index contributed by atoms with van der Waals surface area (Å²) in [5.41, 5.74) is 2.47. The van der Waals surface area contributed by atoms with E-state index in [4.69, 9.17) is 0 Å². The summed E-state index contributed by atoms with van der Waals surface area (Å²) in [5.74, 6) is -1.06. The smallest absolute Gasteiger partial charge is 0.229 e. The van der Waals surface area contributed by atoms with Gasteiger partial charge in [-0.15, -0.1) is 0 Å². The predicted octanol–water partition coefficient (Wildman–Crippen LogP) is 4.36. The van der Waals surface area contributed by atoms with E-state index in [2.05, 4.69) is 9.71 Å². The van der Waals surface area contributed by atoms with Gasteiger partial charge in [0.25, 0.3) is 0 Å². The van der Waals surface area contributed by atoms with Gasteiger partial charge in [-0.25, -0.2) is 17.2 Å². The number of rotatable bonds is 5. The molecule has 1 unspecified atom stereocenters. The molecule has 0 aliphatic heterocycles. The maximum atomic E-state index is 14.4. The molecule has 2 N–H and O–H groups in total. The topological polar surface area (TPSA) is 62.0 Å². The minimum atomic E-state index is -3.42. The average Bonchev–Trinajstić information content (AvgIpc) is 3.28. The summed E-state index contributed by atoms with van der Waals surface area (Å²) in [5, 5.41) is 0.833. The number of fused-ring (bicyclic) bond motifs is 1. The third kappa shape index (κ3) is 3.19. The molecule has 0 bridgehead atoms. The summed E-state index contributed by atoms with van der Waals surface area (Å²) < 4.78 is 53.4. The Hall–Kier alpha value is -2.41. The largest absolute Gasteiger partial charge is 0.359 e. The Morgan fingerprint density at radius 3 is 2.58 bits per heavy atom. The van der Waals surface area contributed by atoms with Gasteiger partial charge in [0.2, 0.25) is 10.0 Å². The van der Waals surface area contributed by atoms with Gasteiger partial charge in [-0.2, -0.15) is 0 Å². The third-order valence-corrected chi connectivity index (χ3v) is 5.36. The van der Waals surface area contributed by atoms with Crippen LogP contribution in [0.1, 0.15) is 29.9 Å². The van der Waals surface area contributed by atoms with Gasteiger partial charge in [0.05, 0.1) is 17.5 Å². The molecular formula is C19H18F2N2O2S. The van der Waals surface area contributed by atoms with Gasteiger partial charge in [-0.1, -0.05) is 18.2 Å². The maximum Gasteiger partial charge on any atom is 0.229 e. The van der Waals surface area contributed by atoms with Crippen molar-refractivity contribution >= 4 is 26.6 Å². The quantitative estimate of drug-likeness (QED) is 0.695. The van der Waals surface area contributed by atoms with Crippen molar-refractivity contribution in [2.45, 2.75) is 18.8 Å². The summed E-state index contributed by atoms with van der Waals surface area (Å²) in [6, 6.07) is 9.01. The zero-order valence-corrected chi connectivity index (χ0v) is 14.9. The predicted molar refractivity (Wildman–Crippen MR) is 97.7 cm³/mol. The van der Waals surface area contributed by atoms with Crippen LogP contribution in [0.3, 0.4) is 0 Å². The number of aromatic nitrogens is 1. The highest BCUT2D eigenvalue weighted by atomic mass is 32.2. The molecule has 1 saturated carbocycles. The highest BCUT2D eigenvalue weighted by Crippen LogP contribution is 2.49. The Morgan fingerprint density at radius 2 is 1.92 bits per heavy atom. The lowest BCUT2D eigenvalue weighted by molar-refractivity contribution is 0.554. The third-order valence-electron chi connectivity index (χ3n) is 4.77. The Bertz CT molecular complexity index is 1090. The lowest BCUT2D eigenvalue weighted by Crippen LogP contribution is -2.10. The summed E-state index contributed by atoms with van der Waals surface area (Å²) in [6.07, 6.45) is 4.85. The molecular weight excluding hydrogens is 358 g/mol. The van der Waals surface area contributed by atoms with Crippen molar-refractivity contribution in [1.29, 1.82) is 0 Å². The molecule has 0 radical (unpaired) electrons. The van der Waals surface area contributed by atoms with Gasteiger partial charge in [-0.05, 0) is 42.0 Å². The van der Waals surface area contributed by atoms with E-state index >= 15 is 0 Å². The Labute approximate surface area is 150 Å². The van der Waals surface area contributed by atoms with Crippen LogP contribution >= 0.6 is 0 Å². The van der Waals surface area contributed by atoms with E-state index in [1.807, 2.05) is 6.07 Å². The number of hydrogen-bond donors (Lipinski definition) is 2. The van der Waals surface area contributed by atoms with Crippen LogP contribution in [-0.4, -0.2) is 19.7 Å². The first-order chi connectivity index (χ1) is 12.3. The van der Waals surface area contributed by atoms with Gasteiger partial charge < -0.3 is 4.98 Å². The number of halogens is 2. The first-order valence-electron chi connectivity index (χ1n) is 8.36. The standard InChI is InChI=1S/C19H18F2N2O2S/c1-26(24,25)23-17-4-2-3-13-15(10-22-19(13)17)18(11-5-6-11)14-8-7-12(20)9-16(14)21/h2-4,7-11,18,22-23H,5-6H2,1H3. The fraction of sp³-hybridized carbons (Fsp3) is 0.263. The molecule has 26 heavy (non-hydrogen) atoms. The molecule has 1 atom stereocenters. The number of nitrogens with one attached hydrogen (secondary N) is 2.